The highest BCUT2D eigenvalue weighted by Gasteiger charge is 2.18. The SMILES string of the molecule is [2H]c1c([2H])c([2H])c2c(c1[2H])c1c([2H])c([2H])c([2H])c([2H])c1n2-c1cccc2sc3cc(-c4nc(-c5ccccc5)nc(-c5ccccc5)n4)ccc3c12. The summed E-state index contributed by atoms with van der Waals surface area (Å²) in [4.78, 5) is 14.6. The van der Waals surface area contributed by atoms with Crippen LogP contribution in [-0.2, 0) is 0 Å². The molecule has 3 heterocycles. The fourth-order valence-corrected chi connectivity index (χ4v) is 6.90. The lowest BCUT2D eigenvalue weighted by molar-refractivity contribution is 1.07. The Labute approximate surface area is 268 Å². The number of benzene rings is 6. The third-order valence-corrected chi connectivity index (χ3v) is 8.82. The maximum atomic E-state index is 8.97. The minimum absolute atomic E-state index is 0.0464. The highest BCUT2D eigenvalue weighted by atomic mass is 32.1. The van der Waals surface area contributed by atoms with Crippen LogP contribution in [0.4, 0.5) is 0 Å². The summed E-state index contributed by atoms with van der Waals surface area (Å²) >= 11 is 1.53. The van der Waals surface area contributed by atoms with E-state index < -0.39 is 24.2 Å². The van der Waals surface area contributed by atoms with E-state index in [0.29, 0.717) is 23.2 Å². The zero-order valence-electron chi connectivity index (χ0n) is 30.9. The van der Waals surface area contributed by atoms with Crippen molar-refractivity contribution < 1.29 is 11.0 Å². The van der Waals surface area contributed by atoms with Crippen molar-refractivity contribution in [1.82, 2.24) is 19.5 Å². The number of nitrogens with zero attached hydrogens (tertiary/aromatic N) is 4. The molecular formula is C39H24N4S. The first-order chi connectivity index (χ1) is 25.1. The van der Waals surface area contributed by atoms with Crippen LogP contribution in [0.1, 0.15) is 11.0 Å². The van der Waals surface area contributed by atoms with Gasteiger partial charge in [-0.15, -0.1) is 11.3 Å². The van der Waals surface area contributed by atoms with E-state index in [0.717, 1.165) is 36.9 Å². The number of thiophene rings is 1. The maximum absolute atomic E-state index is 8.97. The van der Waals surface area contributed by atoms with Crippen LogP contribution >= 0.6 is 11.3 Å². The van der Waals surface area contributed by atoms with Crippen LogP contribution < -0.4 is 0 Å². The molecule has 6 aromatic carbocycles. The number of hydrogen-bond donors (Lipinski definition) is 0. The van der Waals surface area contributed by atoms with Crippen LogP contribution in [0.25, 0.3) is 81.8 Å². The van der Waals surface area contributed by atoms with Crippen molar-refractivity contribution in [2.45, 2.75) is 0 Å². The van der Waals surface area contributed by atoms with Crippen molar-refractivity contribution in [2.75, 3.05) is 0 Å². The van der Waals surface area contributed by atoms with Gasteiger partial charge in [-0.2, -0.15) is 0 Å². The Hall–Kier alpha value is -5.65. The summed E-state index contributed by atoms with van der Waals surface area (Å²) in [5, 5.41) is 1.73. The van der Waals surface area contributed by atoms with Gasteiger partial charge in [-0.1, -0.05) is 115 Å². The molecule has 206 valence electrons. The quantitative estimate of drug-likeness (QED) is 0.205. The molecule has 44 heavy (non-hydrogen) atoms. The Morgan fingerprint density at radius 3 is 1.68 bits per heavy atom. The largest absolute Gasteiger partial charge is 0.309 e. The highest BCUT2D eigenvalue weighted by Crippen LogP contribution is 2.42. The summed E-state index contributed by atoms with van der Waals surface area (Å²) < 4.78 is 72.7. The first kappa shape index (κ1) is 18.1. The van der Waals surface area contributed by atoms with Gasteiger partial charge in [0.25, 0.3) is 0 Å². The van der Waals surface area contributed by atoms with Gasteiger partial charge in [0.1, 0.15) is 0 Å². The second-order valence-electron chi connectivity index (χ2n) is 10.3. The van der Waals surface area contributed by atoms with Gasteiger partial charge in [-0.3, -0.25) is 0 Å². The van der Waals surface area contributed by atoms with Gasteiger partial charge in [0.05, 0.1) is 27.7 Å². The first-order valence-corrected chi connectivity index (χ1v) is 14.8. The van der Waals surface area contributed by atoms with Crippen LogP contribution in [0.2, 0.25) is 0 Å². The van der Waals surface area contributed by atoms with Gasteiger partial charge in [-0.25, -0.2) is 15.0 Å². The number of aromatic nitrogens is 4. The lowest BCUT2D eigenvalue weighted by Gasteiger charge is -2.10. The molecule has 0 spiro atoms. The Morgan fingerprint density at radius 2 is 1.07 bits per heavy atom. The molecular weight excluding hydrogens is 557 g/mol. The molecule has 4 nitrogen and oxygen atoms in total. The van der Waals surface area contributed by atoms with E-state index in [4.69, 9.17) is 25.9 Å². The summed E-state index contributed by atoms with van der Waals surface area (Å²) in [7, 11) is 0. The van der Waals surface area contributed by atoms with E-state index in [1.54, 1.807) is 4.57 Å². The predicted molar refractivity (Wildman–Crippen MR) is 183 cm³/mol. The summed E-state index contributed by atoms with van der Waals surface area (Å²) in [6, 6.07) is 27.8. The molecule has 3 aromatic heterocycles. The normalized spacial score (nSPS) is 14.2. The number of rotatable bonds is 4. The molecule has 0 fully saturated rings. The molecule has 0 radical (unpaired) electrons. The smallest absolute Gasteiger partial charge is 0.164 e. The van der Waals surface area contributed by atoms with Crippen LogP contribution in [0.15, 0.2) is 145 Å². The zero-order valence-corrected chi connectivity index (χ0v) is 23.8. The summed E-state index contributed by atoms with van der Waals surface area (Å²) in [6.45, 7) is 0. The number of hydrogen-bond acceptors (Lipinski definition) is 4. The third kappa shape index (κ3) is 3.94. The van der Waals surface area contributed by atoms with Crippen LogP contribution in [0.3, 0.4) is 0 Å². The van der Waals surface area contributed by atoms with E-state index in [-0.39, 0.29) is 46.0 Å². The Kier molecular flexibility index (Phi) is 4.10. The molecule has 0 aliphatic rings. The minimum Gasteiger partial charge on any atom is -0.309 e. The topological polar surface area (TPSA) is 43.6 Å². The second kappa shape index (κ2) is 9.97. The van der Waals surface area contributed by atoms with Crippen molar-refractivity contribution in [3.05, 3.63) is 145 Å². The Balaban J connectivity index is 1.32. The van der Waals surface area contributed by atoms with Crippen LogP contribution in [0.5, 0.6) is 0 Å². The van der Waals surface area contributed by atoms with E-state index in [1.807, 2.05) is 97.1 Å². The molecule has 0 unspecified atom stereocenters. The molecule has 0 aliphatic carbocycles. The van der Waals surface area contributed by atoms with E-state index in [9.17, 15) is 0 Å². The number of fused-ring (bicyclic) bond motifs is 6. The summed E-state index contributed by atoms with van der Waals surface area (Å²) in [5.74, 6) is 1.59. The second-order valence-corrected chi connectivity index (χ2v) is 11.4. The van der Waals surface area contributed by atoms with Gasteiger partial charge < -0.3 is 4.57 Å². The molecule has 5 heteroatoms. The van der Waals surface area contributed by atoms with Crippen molar-refractivity contribution in [3.8, 4) is 39.9 Å². The molecule has 0 atom stereocenters. The van der Waals surface area contributed by atoms with Gasteiger partial charge in [0, 0.05) is 47.6 Å². The lowest BCUT2D eigenvalue weighted by atomic mass is 10.1. The number of para-hydroxylation sites is 2. The fraction of sp³-hybridized carbons (Fsp3) is 0. The third-order valence-electron chi connectivity index (χ3n) is 7.71. The molecule has 9 rings (SSSR count). The average Bonchev–Trinajstić information content (AvgIpc) is 3.75. The minimum atomic E-state index is -0.472. The zero-order chi connectivity index (χ0) is 36.0. The Bertz CT molecular complexity index is 2810. The average molecular weight is 589 g/mol. The monoisotopic (exact) mass is 588 g/mol. The summed E-state index contributed by atoms with van der Waals surface area (Å²) in [6.07, 6.45) is 0. The van der Waals surface area contributed by atoms with Crippen LogP contribution in [0, 0.1) is 0 Å². The van der Waals surface area contributed by atoms with E-state index in [2.05, 4.69) is 0 Å². The Morgan fingerprint density at radius 1 is 0.500 bits per heavy atom. The standard InChI is InChI=1S/C39H24N4S/c1-3-12-25(13-4-1)37-40-38(26-14-5-2-6-15-26)42-39(41-37)27-22-23-30-35(24-27)44-34-21-11-20-33(36(30)34)43-31-18-9-7-16-28(31)29-17-8-10-19-32(29)43/h1-24H/i7D,8D,9D,10D,16D,17D,18D,19D. The molecule has 0 saturated heterocycles. The van der Waals surface area contributed by atoms with E-state index in [1.165, 1.54) is 11.3 Å². The van der Waals surface area contributed by atoms with Crippen molar-refractivity contribution >= 4 is 53.3 Å². The molecule has 0 bridgehead atoms. The highest BCUT2D eigenvalue weighted by molar-refractivity contribution is 7.26. The predicted octanol–water partition coefficient (Wildman–Crippen LogP) is 10.3. The van der Waals surface area contributed by atoms with Crippen LogP contribution in [-0.4, -0.2) is 19.5 Å². The fourth-order valence-electron chi connectivity index (χ4n) is 5.73. The summed E-state index contributed by atoms with van der Waals surface area (Å²) in [5.41, 5.74) is 3.20. The lowest BCUT2D eigenvalue weighted by Crippen LogP contribution is -2.00. The molecule has 9 aromatic rings. The first-order valence-electron chi connectivity index (χ1n) is 18.0. The van der Waals surface area contributed by atoms with Gasteiger partial charge in [-0.05, 0) is 30.3 Å². The molecule has 0 aliphatic heterocycles. The maximum Gasteiger partial charge on any atom is 0.164 e. The van der Waals surface area contributed by atoms with Gasteiger partial charge in [0.2, 0.25) is 0 Å². The van der Waals surface area contributed by atoms with Gasteiger partial charge in [0.15, 0.2) is 17.5 Å². The van der Waals surface area contributed by atoms with Crippen molar-refractivity contribution in [2.24, 2.45) is 0 Å². The van der Waals surface area contributed by atoms with E-state index >= 15 is 0 Å². The van der Waals surface area contributed by atoms with Crippen molar-refractivity contribution in [1.29, 1.82) is 0 Å². The molecule has 0 saturated carbocycles. The molecule has 0 N–H and O–H groups in total. The van der Waals surface area contributed by atoms with Gasteiger partial charge >= 0.3 is 0 Å². The van der Waals surface area contributed by atoms with Crippen molar-refractivity contribution in [3.63, 3.8) is 0 Å². The molecule has 0 amide bonds.